The minimum Gasteiger partial charge on any atom is -0.393 e. The van der Waals surface area contributed by atoms with Crippen LogP contribution in [0.3, 0.4) is 0 Å². The van der Waals surface area contributed by atoms with Crippen LogP contribution < -0.4 is 10.2 Å². The van der Waals surface area contributed by atoms with Gasteiger partial charge in [0.1, 0.15) is 0 Å². The number of rotatable bonds is 5. The Kier molecular flexibility index (Phi) is 5.01. The maximum absolute atomic E-state index is 12.9. The number of aliphatic hydroxyl groups excluding tert-OH is 1. The van der Waals surface area contributed by atoms with Gasteiger partial charge in [-0.2, -0.15) is 0 Å². The van der Waals surface area contributed by atoms with Gasteiger partial charge in [-0.1, -0.05) is 18.2 Å². The van der Waals surface area contributed by atoms with E-state index in [1.165, 1.54) is 0 Å². The zero-order chi connectivity index (χ0) is 19.7. The molecule has 5 heteroatoms. The highest BCUT2D eigenvalue weighted by Gasteiger charge is 2.36. The molecule has 3 aromatic rings. The summed E-state index contributed by atoms with van der Waals surface area (Å²) in [7, 11) is 3.94. The maximum Gasteiger partial charge on any atom is 0.251 e. The van der Waals surface area contributed by atoms with Crippen LogP contribution in [0, 0.1) is 5.92 Å². The summed E-state index contributed by atoms with van der Waals surface area (Å²) in [5.74, 6) is 0.104. The second-order valence-electron chi connectivity index (χ2n) is 7.74. The first-order valence-corrected chi connectivity index (χ1v) is 9.62. The molecule has 1 heterocycles. The Morgan fingerprint density at radius 1 is 1.14 bits per heavy atom. The highest BCUT2D eigenvalue weighted by Crippen LogP contribution is 2.38. The Morgan fingerprint density at radius 2 is 1.86 bits per heavy atom. The molecule has 1 saturated carbocycles. The van der Waals surface area contributed by atoms with Crippen LogP contribution in [0.5, 0.6) is 0 Å². The van der Waals surface area contributed by atoms with Gasteiger partial charge in [0.2, 0.25) is 0 Å². The lowest BCUT2D eigenvalue weighted by molar-refractivity contribution is 0.0235. The first kappa shape index (κ1) is 18.4. The highest BCUT2D eigenvalue weighted by atomic mass is 16.3. The lowest BCUT2D eigenvalue weighted by Crippen LogP contribution is -2.41. The molecule has 5 nitrogen and oxygen atoms in total. The number of aliphatic hydroxyl groups is 1. The topological polar surface area (TPSA) is 65.5 Å². The van der Waals surface area contributed by atoms with Crippen LogP contribution in [0.25, 0.3) is 10.9 Å². The molecule has 1 aromatic heterocycles. The average Bonchev–Trinajstić information content (AvgIpc) is 2.69. The zero-order valence-electron chi connectivity index (χ0n) is 16.2. The molecule has 0 radical (unpaired) electrons. The van der Waals surface area contributed by atoms with Gasteiger partial charge in [0.25, 0.3) is 5.91 Å². The molecular formula is C23H25N3O2. The van der Waals surface area contributed by atoms with Crippen molar-refractivity contribution in [2.75, 3.05) is 19.0 Å². The van der Waals surface area contributed by atoms with Gasteiger partial charge in [-0.05, 0) is 60.7 Å². The van der Waals surface area contributed by atoms with E-state index in [1.807, 2.05) is 73.7 Å². The molecule has 0 spiro atoms. The summed E-state index contributed by atoms with van der Waals surface area (Å²) in [4.78, 5) is 19.4. The van der Waals surface area contributed by atoms with Gasteiger partial charge in [0, 0.05) is 36.9 Å². The molecule has 1 fully saturated rings. The van der Waals surface area contributed by atoms with Crippen molar-refractivity contribution in [1.82, 2.24) is 10.3 Å². The van der Waals surface area contributed by atoms with E-state index in [4.69, 9.17) is 0 Å². The standard InChI is InChI=1S/C23H25N3O2/c1-26(2)19-9-7-15(8-10-19)23(28)25-22(17-12-20(27)13-17)18-11-16-5-3-4-6-21(16)24-14-18/h3-11,14,17,20,22,27H,12-13H2,1-2H3,(H,25,28)/t17?,20?,22-/m1/s1. The van der Waals surface area contributed by atoms with Crippen LogP contribution in [0.15, 0.2) is 60.8 Å². The lowest BCUT2D eigenvalue weighted by Gasteiger charge is -2.38. The summed E-state index contributed by atoms with van der Waals surface area (Å²) in [6, 6.07) is 17.4. The number of carbonyl (C=O) groups excluding carboxylic acids is 1. The van der Waals surface area contributed by atoms with E-state index in [0.29, 0.717) is 18.4 Å². The largest absolute Gasteiger partial charge is 0.393 e. The third-order valence-electron chi connectivity index (χ3n) is 5.52. The van der Waals surface area contributed by atoms with Crippen molar-refractivity contribution in [2.24, 2.45) is 5.92 Å². The normalized spacial score (nSPS) is 19.7. The Balaban J connectivity index is 1.59. The van der Waals surface area contributed by atoms with Gasteiger partial charge < -0.3 is 15.3 Å². The molecule has 2 N–H and O–H groups in total. The molecule has 1 amide bonds. The molecule has 0 saturated heterocycles. The maximum atomic E-state index is 12.9. The third kappa shape index (κ3) is 3.71. The fourth-order valence-electron chi connectivity index (χ4n) is 3.77. The van der Waals surface area contributed by atoms with Crippen molar-refractivity contribution in [3.05, 3.63) is 71.9 Å². The number of para-hydroxylation sites is 1. The fourth-order valence-corrected chi connectivity index (χ4v) is 3.77. The van der Waals surface area contributed by atoms with Crippen molar-refractivity contribution >= 4 is 22.5 Å². The van der Waals surface area contributed by atoms with Gasteiger partial charge >= 0.3 is 0 Å². The van der Waals surface area contributed by atoms with E-state index in [0.717, 1.165) is 22.2 Å². The molecule has 0 aliphatic heterocycles. The summed E-state index contributed by atoms with van der Waals surface area (Å²) < 4.78 is 0. The van der Waals surface area contributed by atoms with Crippen molar-refractivity contribution < 1.29 is 9.90 Å². The van der Waals surface area contributed by atoms with Crippen molar-refractivity contribution in [3.8, 4) is 0 Å². The SMILES string of the molecule is CN(C)c1ccc(C(=O)N[C@@H](c2cnc3ccccc3c2)C2CC(O)C2)cc1. The van der Waals surface area contributed by atoms with Crippen LogP contribution in [0.2, 0.25) is 0 Å². The van der Waals surface area contributed by atoms with E-state index in [2.05, 4.69) is 16.4 Å². The average molecular weight is 375 g/mol. The molecule has 0 unspecified atom stereocenters. The quantitative estimate of drug-likeness (QED) is 0.716. The Morgan fingerprint density at radius 3 is 2.54 bits per heavy atom. The number of hydrogen-bond acceptors (Lipinski definition) is 4. The van der Waals surface area contributed by atoms with Gasteiger partial charge in [0.15, 0.2) is 0 Å². The monoisotopic (exact) mass is 375 g/mol. The Hall–Kier alpha value is -2.92. The van der Waals surface area contributed by atoms with E-state index < -0.39 is 0 Å². The van der Waals surface area contributed by atoms with E-state index >= 15 is 0 Å². The molecule has 0 bridgehead atoms. The van der Waals surface area contributed by atoms with Gasteiger partial charge in [0.05, 0.1) is 17.7 Å². The molecule has 2 aromatic carbocycles. The number of carbonyl (C=O) groups is 1. The molecular weight excluding hydrogens is 350 g/mol. The first-order chi connectivity index (χ1) is 13.5. The third-order valence-corrected chi connectivity index (χ3v) is 5.52. The fraction of sp³-hybridized carbons (Fsp3) is 0.304. The second-order valence-corrected chi connectivity index (χ2v) is 7.74. The number of benzene rings is 2. The molecule has 1 aliphatic rings. The summed E-state index contributed by atoms with van der Waals surface area (Å²) >= 11 is 0. The Labute approximate surface area is 165 Å². The van der Waals surface area contributed by atoms with Crippen LogP contribution in [-0.4, -0.2) is 36.2 Å². The molecule has 4 rings (SSSR count). The smallest absolute Gasteiger partial charge is 0.251 e. The molecule has 28 heavy (non-hydrogen) atoms. The number of aromatic nitrogens is 1. The number of nitrogens with one attached hydrogen (secondary N) is 1. The molecule has 1 aliphatic carbocycles. The van der Waals surface area contributed by atoms with Gasteiger partial charge in [-0.15, -0.1) is 0 Å². The minimum absolute atomic E-state index is 0.107. The lowest BCUT2D eigenvalue weighted by atomic mass is 9.75. The van der Waals surface area contributed by atoms with Crippen LogP contribution in [0.4, 0.5) is 5.69 Å². The summed E-state index contributed by atoms with van der Waals surface area (Å²) in [5.41, 5.74) is 3.59. The molecule has 1 atom stereocenters. The summed E-state index contributed by atoms with van der Waals surface area (Å²) in [5, 5.41) is 14.0. The number of anilines is 1. The summed E-state index contributed by atoms with van der Waals surface area (Å²) in [6.45, 7) is 0. The Bertz CT molecular complexity index is 979. The van der Waals surface area contributed by atoms with Crippen LogP contribution in [-0.2, 0) is 0 Å². The predicted octanol–water partition coefficient (Wildman–Crippen LogP) is 3.54. The van der Waals surface area contributed by atoms with Crippen LogP contribution in [0.1, 0.15) is 34.8 Å². The number of pyridine rings is 1. The summed E-state index contributed by atoms with van der Waals surface area (Å²) in [6.07, 6.45) is 2.94. The van der Waals surface area contributed by atoms with Gasteiger partial charge in [-0.3, -0.25) is 9.78 Å². The second kappa shape index (κ2) is 7.60. The van der Waals surface area contributed by atoms with Crippen LogP contribution >= 0.6 is 0 Å². The van der Waals surface area contributed by atoms with E-state index in [1.54, 1.807) is 0 Å². The first-order valence-electron chi connectivity index (χ1n) is 9.62. The molecule has 144 valence electrons. The zero-order valence-corrected chi connectivity index (χ0v) is 16.2. The minimum atomic E-state index is -0.280. The van der Waals surface area contributed by atoms with Crippen molar-refractivity contribution in [3.63, 3.8) is 0 Å². The van der Waals surface area contributed by atoms with E-state index in [-0.39, 0.29) is 24.0 Å². The highest BCUT2D eigenvalue weighted by molar-refractivity contribution is 5.95. The van der Waals surface area contributed by atoms with Crippen molar-refractivity contribution in [2.45, 2.75) is 25.0 Å². The number of fused-ring (bicyclic) bond motifs is 1. The van der Waals surface area contributed by atoms with E-state index in [9.17, 15) is 9.90 Å². The number of hydrogen-bond donors (Lipinski definition) is 2. The van der Waals surface area contributed by atoms with Gasteiger partial charge in [-0.25, -0.2) is 0 Å². The van der Waals surface area contributed by atoms with Crippen molar-refractivity contribution in [1.29, 1.82) is 0 Å². The predicted molar refractivity (Wildman–Crippen MR) is 111 cm³/mol. The number of nitrogens with zero attached hydrogens (tertiary/aromatic N) is 2. The number of amides is 1.